The van der Waals surface area contributed by atoms with Gasteiger partial charge in [-0.05, 0) is 18.6 Å². The van der Waals surface area contributed by atoms with E-state index in [1.165, 1.54) is 44.2 Å². The standard InChI is InChI=1S/C17H24ClFO/c1-2-3-4-5-6-7-8-9-13-16(20)17-14(18)11-10-12-15(17)19/h10-12H,2-9,13H2,1H3. The van der Waals surface area contributed by atoms with Crippen molar-refractivity contribution in [1.82, 2.24) is 0 Å². The van der Waals surface area contributed by atoms with E-state index in [1.54, 1.807) is 6.07 Å². The predicted molar refractivity (Wildman–Crippen MR) is 83.0 cm³/mol. The number of carbonyl (C=O) groups is 1. The first-order valence-corrected chi connectivity index (χ1v) is 8.01. The zero-order chi connectivity index (χ0) is 14.8. The molecule has 0 heterocycles. The van der Waals surface area contributed by atoms with Gasteiger partial charge in [0, 0.05) is 6.42 Å². The van der Waals surface area contributed by atoms with E-state index < -0.39 is 5.82 Å². The first kappa shape index (κ1) is 17.2. The fraction of sp³-hybridized carbons (Fsp3) is 0.588. The van der Waals surface area contributed by atoms with Gasteiger partial charge in [0.15, 0.2) is 5.78 Å². The van der Waals surface area contributed by atoms with Crippen molar-refractivity contribution in [3.63, 3.8) is 0 Å². The summed E-state index contributed by atoms with van der Waals surface area (Å²) in [7, 11) is 0. The lowest BCUT2D eigenvalue weighted by molar-refractivity contribution is 0.0975. The summed E-state index contributed by atoms with van der Waals surface area (Å²) in [6.07, 6.45) is 9.77. The van der Waals surface area contributed by atoms with E-state index in [9.17, 15) is 9.18 Å². The zero-order valence-corrected chi connectivity index (χ0v) is 13.0. The van der Waals surface area contributed by atoms with Gasteiger partial charge in [-0.1, -0.05) is 69.5 Å². The highest BCUT2D eigenvalue weighted by molar-refractivity contribution is 6.34. The number of Topliss-reactive ketones (excluding diaryl/α,β-unsaturated/α-hetero) is 1. The first-order valence-electron chi connectivity index (χ1n) is 7.64. The van der Waals surface area contributed by atoms with E-state index in [1.807, 2.05) is 0 Å². The van der Waals surface area contributed by atoms with Crippen molar-refractivity contribution in [3.05, 3.63) is 34.6 Å². The Morgan fingerprint density at radius 1 is 1.05 bits per heavy atom. The molecule has 0 bridgehead atoms. The largest absolute Gasteiger partial charge is 0.294 e. The molecule has 0 radical (unpaired) electrons. The van der Waals surface area contributed by atoms with Crippen molar-refractivity contribution in [1.29, 1.82) is 0 Å². The average Bonchev–Trinajstić information content (AvgIpc) is 2.41. The third-order valence-electron chi connectivity index (χ3n) is 3.50. The summed E-state index contributed by atoms with van der Waals surface area (Å²) in [6, 6.07) is 4.36. The Morgan fingerprint density at radius 3 is 2.25 bits per heavy atom. The maximum atomic E-state index is 13.5. The molecule has 1 rings (SSSR count). The second-order valence-corrected chi connectivity index (χ2v) is 5.65. The molecule has 0 aliphatic rings. The maximum absolute atomic E-state index is 13.5. The van der Waals surface area contributed by atoms with Crippen molar-refractivity contribution in [2.24, 2.45) is 0 Å². The number of halogens is 2. The SMILES string of the molecule is CCCCCCCCCCC(=O)c1c(F)cccc1Cl. The van der Waals surface area contributed by atoms with Gasteiger partial charge in [0.05, 0.1) is 10.6 Å². The molecule has 0 unspecified atom stereocenters. The Morgan fingerprint density at radius 2 is 1.65 bits per heavy atom. The maximum Gasteiger partial charge on any atom is 0.167 e. The monoisotopic (exact) mass is 298 g/mol. The van der Waals surface area contributed by atoms with Crippen molar-refractivity contribution in [3.8, 4) is 0 Å². The molecule has 1 aromatic rings. The number of unbranched alkanes of at least 4 members (excludes halogenated alkanes) is 7. The molecule has 0 aliphatic carbocycles. The van der Waals surface area contributed by atoms with E-state index in [0.717, 1.165) is 19.3 Å². The Kier molecular flexibility index (Phi) is 8.52. The number of benzene rings is 1. The van der Waals surface area contributed by atoms with Crippen LogP contribution in [0, 0.1) is 5.82 Å². The van der Waals surface area contributed by atoms with Crippen LogP contribution in [0.1, 0.15) is 75.1 Å². The van der Waals surface area contributed by atoms with Gasteiger partial charge in [0.1, 0.15) is 5.82 Å². The number of carbonyl (C=O) groups excluding carboxylic acids is 1. The molecule has 0 fully saturated rings. The fourth-order valence-corrected chi connectivity index (χ4v) is 2.58. The van der Waals surface area contributed by atoms with E-state index in [-0.39, 0.29) is 16.4 Å². The Balaban J connectivity index is 2.21. The molecule has 0 N–H and O–H groups in total. The summed E-state index contributed by atoms with van der Waals surface area (Å²) < 4.78 is 13.5. The summed E-state index contributed by atoms with van der Waals surface area (Å²) in [5.41, 5.74) is 0.0529. The molecule has 20 heavy (non-hydrogen) atoms. The van der Waals surface area contributed by atoms with E-state index in [2.05, 4.69) is 6.92 Å². The molecule has 1 nitrogen and oxygen atoms in total. The molecule has 0 spiro atoms. The molecule has 0 saturated heterocycles. The first-order chi connectivity index (χ1) is 9.66. The van der Waals surface area contributed by atoms with Gasteiger partial charge in [-0.3, -0.25) is 4.79 Å². The van der Waals surface area contributed by atoms with Crippen LogP contribution < -0.4 is 0 Å². The smallest absolute Gasteiger partial charge is 0.167 e. The van der Waals surface area contributed by atoms with Crippen LogP contribution >= 0.6 is 11.6 Å². The lowest BCUT2D eigenvalue weighted by Gasteiger charge is -2.05. The number of ketones is 1. The minimum atomic E-state index is -0.512. The van der Waals surface area contributed by atoms with E-state index in [4.69, 9.17) is 11.6 Å². The van der Waals surface area contributed by atoms with Gasteiger partial charge in [0.2, 0.25) is 0 Å². The van der Waals surface area contributed by atoms with Crippen LogP contribution in [0.25, 0.3) is 0 Å². The lowest BCUT2D eigenvalue weighted by atomic mass is 10.0. The van der Waals surface area contributed by atoms with Crippen molar-refractivity contribution in [2.75, 3.05) is 0 Å². The normalized spacial score (nSPS) is 10.8. The second kappa shape index (κ2) is 9.93. The highest BCUT2D eigenvalue weighted by atomic mass is 35.5. The summed E-state index contributed by atoms with van der Waals surface area (Å²) >= 11 is 5.87. The lowest BCUT2D eigenvalue weighted by Crippen LogP contribution is -2.03. The van der Waals surface area contributed by atoms with Gasteiger partial charge in [-0.25, -0.2) is 4.39 Å². The van der Waals surface area contributed by atoms with Gasteiger partial charge in [-0.15, -0.1) is 0 Å². The third kappa shape index (κ3) is 6.04. The Bertz CT molecular complexity index is 397. The summed E-state index contributed by atoms with van der Waals surface area (Å²) in [4.78, 5) is 11.9. The third-order valence-corrected chi connectivity index (χ3v) is 3.81. The van der Waals surface area contributed by atoms with Crippen LogP contribution in [0.2, 0.25) is 5.02 Å². The van der Waals surface area contributed by atoms with E-state index >= 15 is 0 Å². The highest BCUT2D eigenvalue weighted by Gasteiger charge is 2.14. The molecule has 112 valence electrons. The van der Waals surface area contributed by atoms with Crippen LogP contribution in [0.15, 0.2) is 18.2 Å². The molecule has 0 aliphatic heterocycles. The van der Waals surface area contributed by atoms with Crippen LogP contribution in [0.3, 0.4) is 0 Å². The molecule has 0 aromatic heterocycles. The van der Waals surface area contributed by atoms with Crippen molar-refractivity contribution < 1.29 is 9.18 Å². The Labute approximate surface area is 126 Å². The fourth-order valence-electron chi connectivity index (χ4n) is 2.31. The minimum Gasteiger partial charge on any atom is -0.294 e. The summed E-state index contributed by atoms with van der Waals surface area (Å²) in [5.74, 6) is -0.693. The highest BCUT2D eigenvalue weighted by Crippen LogP contribution is 2.21. The Hall–Kier alpha value is -0.890. The van der Waals surface area contributed by atoms with Crippen molar-refractivity contribution in [2.45, 2.75) is 64.7 Å². The van der Waals surface area contributed by atoms with Gasteiger partial charge in [-0.2, -0.15) is 0 Å². The second-order valence-electron chi connectivity index (χ2n) is 5.24. The minimum absolute atomic E-state index is 0.0529. The zero-order valence-electron chi connectivity index (χ0n) is 12.3. The van der Waals surface area contributed by atoms with Crippen LogP contribution in [0.5, 0.6) is 0 Å². The van der Waals surface area contributed by atoms with Crippen LogP contribution in [-0.2, 0) is 0 Å². The van der Waals surface area contributed by atoms with Gasteiger partial charge in [0.25, 0.3) is 0 Å². The number of hydrogen-bond donors (Lipinski definition) is 0. The predicted octanol–water partition coefficient (Wildman–Crippen LogP) is 6.19. The topological polar surface area (TPSA) is 17.1 Å². The van der Waals surface area contributed by atoms with Crippen LogP contribution in [0.4, 0.5) is 4.39 Å². The molecule has 0 saturated carbocycles. The van der Waals surface area contributed by atoms with Gasteiger partial charge < -0.3 is 0 Å². The summed E-state index contributed by atoms with van der Waals surface area (Å²) in [5, 5.41) is 0.217. The van der Waals surface area contributed by atoms with Crippen LogP contribution in [-0.4, -0.2) is 5.78 Å². The quantitative estimate of drug-likeness (QED) is 0.371. The number of hydrogen-bond acceptors (Lipinski definition) is 1. The van der Waals surface area contributed by atoms with E-state index in [0.29, 0.717) is 6.42 Å². The molecule has 0 atom stereocenters. The molecule has 0 amide bonds. The summed E-state index contributed by atoms with van der Waals surface area (Å²) in [6.45, 7) is 2.21. The molecule has 3 heteroatoms. The molecule has 1 aromatic carbocycles. The van der Waals surface area contributed by atoms with Crippen molar-refractivity contribution >= 4 is 17.4 Å². The molecular weight excluding hydrogens is 275 g/mol. The molecular formula is C17H24ClFO. The van der Waals surface area contributed by atoms with Gasteiger partial charge >= 0.3 is 0 Å². The number of rotatable bonds is 10. The average molecular weight is 299 g/mol.